The van der Waals surface area contributed by atoms with E-state index in [-0.39, 0.29) is 0 Å². The van der Waals surface area contributed by atoms with Gasteiger partial charge in [-0.2, -0.15) is 0 Å². The summed E-state index contributed by atoms with van der Waals surface area (Å²) in [4.78, 5) is 10.7. The average Bonchev–Trinajstić information content (AvgIpc) is 1.84. The van der Waals surface area contributed by atoms with E-state index in [1.165, 1.54) is 13.8 Å². The third kappa shape index (κ3) is 3.92. The number of hydrogen-bond donors (Lipinski definition) is 3. The van der Waals surface area contributed by atoms with Gasteiger partial charge in [-0.15, -0.1) is 0 Å². The highest BCUT2D eigenvalue weighted by molar-refractivity contribution is 5.76. The van der Waals surface area contributed by atoms with Gasteiger partial charge in [0.2, 0.25) is 0 Å². The van der Waals surface area contributed by atoms with Crippen LogP contribution in [0.2, 0.25) is 0 Å². The van der Waals surface area contributed by atoms with Crippen molar-refractivity contribution in [2.24, 2.45) is 5.73 Å². The summed E-state index contributed by atoms with van der Waals surface area (Å²) >= 11 is 0. The van der Waals surface area contributed by atoms with Gasteiger partial charge in [0, 0.05) is 0 Å². The Morgan fingerprint density at radius 1 is 1.45 bits per heavy atom. The molecule has 5 heteroatoms. The van der Waals surface area contributed by atoms with E-state index in [1.807, 2.05) is 0 Å². The molecule has 5 nitrogen and oxygen atoms in total. The van der Waals surface area contributed by atoms with E-state index < -0.39 is 24.4 Å². The summed E-state index contributed by atoms with van der Waals surface area (Å²) in [6, 6.07) is -1.09. The summed E-state index contributed by atoms with van der Waals surface area (Å²) in [5, 5.41) is 17.4. The maximum atomic E-state index is 10.7. The van der Waals surface area contributed by atoms with Gasteiger partial charge in [0.15, 0.2) is 6.29 Å². The molecule has 66 valence electrons. The minimum absolute atomic E-state index is 0.810. The first-order valence-corrected chi connectivity index (χ1v) is 3.27. The number of ether oxygens (including phenoxy) is 1. The van der Waals surface area contributed by atoms with Gasteiger partial charge in [0.25, 0.3) is 0 Å². The van der Waals surface area contributed by atoms with E-state index in [0.29, 0.717) is 0 Å². The Hall–Kier alpha value is -0.650. The van der Waals surface area contributed by atoms with Gasteiger partial charge >= 0.3 is 5.97 Å². The van der Waals surface area contributed by atoms with Gasteiger partial charge in [-0.25, -0.2) is 0 Å². The lowest BCUT2D eigenvalue weighted by molar-refractivity contribution is -0.168. The molecule has 0 heterocycles. The molecule has 3 atom stereocenters. The van der Waals surface area contributed by atoms with Crippen LogP contribution in [0, 0.1) is 0 Å². The summed E-state index contributed by atoms with van der Waals surface area (Å²) in [6.45, 7) is 2.65. The van der Waals surface area contributed by atoms with Crippen molar-refractivity contribution in [3.05, 3.63) is 0 Å². The molecule has 0 radical (unpaired) electrons. The third-order valence-electron chi connectivity index (χ3n) is 1.08. The Labute approximate surface area is 64.8 Å². The minimum Gasteiger partial charge on any atom is -0.435 e. The third-order valence-corrected chi connectivity index (χ3v) is 1.08. The molecule has 0 aliphatic rings. The summed E-state index contributed by atoms with van der Waals surface area (Å²) in [6.07, 6.45) is -2.16. The van der Waals surface area contributed by atoms with E-state index in [2.05, 4.69) is 4.74 Å². The number of carbonyl (C=O) groups is 1. The predicted molar refractivity (Wildman–Crippen MR) is 37.4 cm³/mol. The molecule has 0 spiro atoms. The van der Waals surface area contributed by atoms with Crippen molar-refractivity contribution in [1.29, 1.82) is 0 Å². The van der Waals surface area contributed by atoms with Crippen LogP contribution < -0.4 is 5.73 Å². The standard InChI is InChI=1S/C6H13NO4/c1-3(8)5(7)6(10)11-4(2)9/h3-5,8-9H,7H2,1-2H3/t3-,4?,5+/m1/s1. The van der Waals surface area contributed by atoms with Gasteiger partial charge in [-0.1, -0.05) is 0 Å². The first-order chi connectivity index (χ1) is 4.95. The van der Waals surface area contributed by atoms with Gasteiger partial charge in [-0.05, 0) is 13.8 Å². The Bertz CT molecular complexity index is 135. The fraction of sp³-hybridized carbons (Fsp3) is 0.833. The molecule has 0 aromatic carbocycles. The van der Waals surface area contributed by atoms with E-state index in [4.69, 9.17) is 15.9 Å². The largest absolute Gasteiger partial charge is 0.435 e. The van der Waals surface area contributed by atoms with E-state index in [0.717, 1.165) is 0 Å². The zero-order chi connectivity index (χ0) is 9.02. The van der Waals surface area contributed by atoms with Crippen molar-refractivity contribution in [1.82, 2.24) is 0 Å². The molecular formula is C6H13NO4. The molecule has 0 rings (SSSR count). The molecule has 0 aliphatic carbocycles. The number of nitrogens with two attached hydrogens (primary N) is 1. The molecule has 0 amide bonds. The normalized spacial score (nSPS) is 18.6. The van der Waals surface area contributed by atoms with Gasteiger partial charge in [0.1, 0.15) is 6.04 Å². The number of aliphatic hydroxyl groups is 2. The molecule has 4 N–H and O–H groups in total. The summed E-state index contributed by atoms with van der Waals surface area (Å²) < 4.78 is 4.30. The maximum absolute atomic E-state index is 10.7. The highest BCUT2D eigenvalue weighted by Gasteiger charge is 2.21. The fourth-order valence-electron chi connectivity index (χ4n) is 0.444. The number of esters is 1. The first kappa shape index (κ1) is 10.3. The first-order valence-electron chi connectivity index (χ1n) is 3.27. The van der Waals surface area contributed by atoms with Crippen LogP contribution in [0.25, 0.3) is 0 Å². The number of carbonyl (C=O) groups excluding carboxylic acids is 1. The molecule has 0 aromatic heterocycles. The molecule has 0 bridgehead atoms. The zero-order valence-corrected chi connectivity index (χ0v) is 6.52. The molecule has 0 saturated carbocycles. The highest BCUT2D eigenvalue weighted by atomic mass is 16.6. The van der Waals surface area contributed by atoms with Crippen LogP contribution in [-0.2, 0) is 9.53 Å². The smallest absolute Gasteiger partial charge is 0.327 e. The fourth-order valence-corrected chi connectivity index (χ4v) is 0.444. The molecule has 1 unspecified atom stereocenters. The van der Waals surface area contributed by atoms with E-state index >= 15 is 0 Å². The van der Waals surface area contributed by atoms with Gasteiger partial charge in [-0.3, -0.25) is 4.79 Å². The van der Waals surface area contributed by atoms with E-state index in [1.54, 1.807) is 0 Å². The quantitative estimate of drug-likeness (QED) is 0.350. The summed E-state index contributed by atoms with van der Waals surface area (Å²) in [5.41, 5.74) is 5.17. The Morgan fingerprint density at radius 3 is 2.18 bits per heavy atom. The molecule has 0 saturated heterocycles. The van der Waals surface area contributed by atoms with Crippen molar-refractivity contribution < 1.29 is 19.7 Å². The van der Waals surface area contributed by atoms with Gasteiger partial charge in [0.05, 0.1) is 6.10 Å². The van der Waals surface area contributed by atoms with Crippen LogP contribution in [-0.4, -0.2) is 34.6 Å². The number of hydrogen-bond acceptors (Lipinski definition) is 5. The van der Waals surface area contributed by atoms with Crippen LogP contribution >= 0.6 is 0 Å². The van der Waals surface area contributed by atoms with Crippen LogP contribution in [0.4, 0.5) is 0 Å². The van der Waals surface area contributed by atoms with Crippen molar-refractivity contribution in [2.75, 3.05) is 0 Å². The van der Waals surface area contributed by atoms with Crippen molar-refractivity contribution in [3.8, 4) is 0 Å². The maximum Gasteiger partial charge on any atom is 0.327 e. The highest BCUT2D eigenvalue weighted by Crippen LogP contribution is 1.94. The second kappa shape index (κ2) is 4.27. The van der Waals surface area contributed by atoms with Crippen molar-refractivity contribution >= 4 is 5.97 Å². The Kier molecular flexibility index (Phi) is 4.02. The molecule has 0 fully saturated rings. The lowest BCUT2D eigenvalue weighted by atomic mass is 10.2. The lowest BCUT2D eigenvalue weighted by Gasteiger charge is -2.14. The molecule has 11 heavy (non-hydrogen) atoms. The predicted octanol–water partition coefficient (Wildman–Crippen LogP) is -1.42. The molecular weight excluding hydrogens is 150 g/mol. The SMILES string of the molecule is CC(O)OC(=O)[C@@H](N)[C@@H](C)O. The molecule has 0 aliphatic heterocycles. The average molecular weight is 163 g/mol. The van der Waals surface area contributed by atoms with Crippen LogP contribution in [0.5, 0.6) is 0 Å². The van der Waals surface area contributed by atoms with E-state index in [9.17, 15) is 4.79 Å². The second-order valence-corrected chi connectivity index (χ2v) is 2.30. The Morgan fingerprint density at radius 2 is 1.91 bits per heavy atom. The van der Waals surface area contributed by atoms with Crippen LogP contribution in [0.1, 0.15) is 13.8 Å². The summed E-state index contributed by atoms with van der Waals surface area (Å²) in [5.74, 6) is -0.810. The van der Waals surface area contributed by atoms with Crippen molar-refractivity contribution in [3.63, 3.8) is 0 Å². The topological polar surface area (TPSA) is 92.8 Å². The monoisotopic (exact) mass is 163 g/mol. The zero-order valence-electron chi connectivity index (χ0n) is 6.52. The van der Waals surface area contributed by atoms with Crippen LogP contribution in [0.15, 0.2) is 0 Å². The van der Waals surface area contributed by atoms with Gasteiger partial charge < -0.3 is 20.7 Å². The minimum atomic E-state index is -1.19. The number of rotatable bonds is 3. The lowest BCUT2D eigenvalue weighted by Crippen LogP contribution is -2.42. The Balaban J connectivity index is 3.83. The second-order valence-electron chi connectivity index (χ2n) is 2.30. The van der Waals surface area contributed by atoms with Crippen molar-refractivity contribution in [2.45, 2.75) is 32.3 Å². The number of aliphatic hydroxyl groups excluding tert-OH is 2. The summed E-state index contributed by atoms with van der Waals surface area (Å²) in [7, 11) is 0. The van der Waals surface area contributed by atoms with Crippen LogP contribution in [0.3, 0.4) is 0 Å². The molecule has 0 aromatic rings.